The lowest BCUT2D eigenvalue weighted by Gasteiger charge is -2.08. The van der Waals surface area contributed by atoms with Gasteiger partial charge < -0.3 is 5.32 Å². The first kappa shape index (κ1) is 12.2. The van der Waals surface area contributed by atoms with Gasteiger partial charge in [0.25, 0.3) is 0 Å². The zero-order valence-corrected chi connectivity index (χ0v) is 11.7. The molecule has 2 aromatic rings. The van der Waals surface area contributed by atoms with Crippen molar-refractivity contribution in [2.45, 2.75) is 32.1 Å². The van der Waals surface area contributed by atoms with Crippen LogP contribution in [-0.4, -0.2) is 21.3 Å². The quantitative estimate of drug-likeness (QED) is 0.918. The smallest absolute Gasteiger partial charge is 0.153 e. The summed E-state index contributed by atoms with van der Waals surface area (Å²) in [6.45, 7) is 5.25. The van der Waals surface area contributed by atoms with Crippen molar-refractivity contribution >= 4 is 5.69 Å². The molecule has 100 valence electrons. The van der Waals surface area contributed by atoms with Gasteiger partial charge in [-0.1, -0.05) is 32.0 Å². The fourth-order valence-electron chi connectivity index (χ4n) is 2.62. The average molecular weight is 256 g/mol. The Morgan fingerprint density at radius 3 is 2.89 bits per heavy atom. The normalized spacial score (nSPS) is 17.6. The highest BCUT2D eigenvalue weighted by Crippen LogP contribution is 2.33. The molecular weight excluding hydrogens is 236 g/mol. The van der Waals surface area contributed by atoms with Crippen molar-refractivity contribution in [1.82, 2.24) is 14.8 Å². The molecule has 1 aliphatic rings. The van der Waals surface area contributed by atoms with Crippen LogP contribution in [0.1, 0.15) is 42.9 Å². The first-order valence-electron chi connectivity index (χ1n) is 6.87. The van der Waals surface area contributed by atoms with Crippen LogP contribution in [0, 0.1) is 0 Å². The third-order valence-corrected chi connectivity index (χ3v) is 3.75. The minimum atomic E-state index is 0.383. The Kier molecular flexibility index (Phi) is 3.01. The minimum absolute atomic E-state index is 0.383. The molecule has 2 heterocycles. The van der Waals surface area contributed by atoms with E-state index in [0.29, 0.717) is 11.8 Å². The highest BCUT2D eigenvalue weighted by atomic mass is 15.3. The summed E-state index contributed by atoms with van der Waals surface area (Å²) >= 11 is 0. The lowest BCUT2D eigenvalue weighted by molar-refractivity contribution is 0.639. The first-order chi connectivity index (χ1) is 9.15. The average Bonchev–Trinajstić information content (AvgIpc) is 2.96. The number of anilines is 1. The molecule has 0 radical (unpaired) electrons. The predicted octanol–water partition coefficient (Wildman–Crippen LogP) is 2.69. The second-order valence-corrected chi connectivity index (χ2v) is 5.53. The molecular formula is C15H20N4. The van der Waals surface area contributed by atoms with Crippen molar-refractivity contribution in [1.29, 1.82) is 0 Å². The molecule has 1 atom stereocenters. The van der Waals surface area contributed by atoms with Crippen molar-refractivity contribution in [2.24, 2.45) is 7.05 Å². The molecule has 1 aliphatic heterocycles. The van der Waals surface area contributed by atoms with Gasteiger partial charge in [-0.3, -0.25) is 4.68 Å². The maximum absolute atomic E-state index is 4.67. The van der Waals surface area contributed by atoms with Gasteiger partial charge in [0.15, 0.2) is 5.82 Å². The number of benzene rings is 1. The molecule has 0 saturated heterocycles. The maximum Gasteiger partial charge on any atom is 0.153 e. The number of nitrogens with one attached hydrogen (secondary N) is 1. The van der Waals surface area contributed by atoms with Crippen LogP contribution in [0.5, 0.6) is 0 Å². The fraction of sp³-hybridized carbons (Fsp3) is 0.467. The van der Waals surface area contributed by atoms with E-state index in [2.05, 4.69) is 53.5 Å². The zero-order chi connectivity index (χ0) is 13.4. The molecule has 0 spiro atoms. The van der Waals surface area contributed by atoms with Crippen LogP contribution in [-0.2, 0) is 13.5 Å². The van der Waals surface area contributed by atoms with E-state index in [1.165, 1.54) is 11.3 Å². The summed E-state index contributed by atoms with van der Waals surface area (Å²) in [6.07, 6.45) is 0.945. The number of fused-ring (bicyclic) bond motifs is 1. The number of nitrogens with zero attached hydrogens (tertiary/aromatic N) is 3. The Balaban J connectivity index is 1.83. The number of hydrogen-bond donors (Lipinski definition) is 1. The topological polar surface area (TPSA) is 42.7 Å². The van der Waals surface area contributed by atoms with Crippen LogP contribution < -0.4 is 5.32 Å². The summed E-state index contributed by atoms with van der Waals surface area (Å²) in [6, 6.07) is 8.54. The van der Waals surface area contributed by atoms with Crippen molar-refractivity contribution in [3.63, 3.8) is 0 Å². The van der Waals surface area contributed by atoms with E-state index in [0.717, 1.165) is 24.6 Å². The molecule has 4 heteroatoms. The SMILES string of the molecule is CC(C)c1nc(CC2CNc3ccccc32)n(C)n1. The van der Waals surface area contributed by atoms with E-state index >= 15 is 0 Å². The van der Waals surface area contributed by atoms with Gasteiger partial charge in [0.2, 0.25) is 0 Å². The Hall–Kier alpha value is -1.84. The highest BCUT2D eigenvalue weighted by Gasteiger charge is 2.24. The standard InChI is InChI=1S/C15H20N4/c1-10(2)15-17-14(19(3)18-15)8-11-9-16-13-7-5-4-6-12(11)13/h4-7,10-11,16H,8-9H2,1-3H3. The molecule has 19 heavy (non-hydrogen) atoms. The third-order valence-electron chi connectivity index (χ3n) is 3.75. The Morgan fingerprint density at radius 1 is 1.37 bits per heavy atom. The molecule has 3 rings (SSSR count). The molecule has 0 saturated carbocycles. The maximum atomic E-state index is 4.67. The van der Waals surface area contributed by atoms with E-state index in [9.17, 15) is 0 Å². The minimum Gasteiger partial charge on any atom is -0.384 e. The highest BCUT2D eigenvalue weighted by molar-refractivity contribution is 5.57. The monoisotopic (exact) mass is 256 g/mol. The van der Waals surface area contributed by atoms with E-state index in [-0.39, 0.29) is 0 Å². The Labute approximate surface area is 113 Å². The van der Waals surface area contributed by atoms with Gasteiger partial charge >= 0.3 is 0 Å². The Morgan fingerprint density at radius 2 is 2.16 bits per heavy atom. The van der Waals surface area contributed by atoms with E-state index in [1.54, 1.807) is 0 Å². The van der Waals surface area contributed by atoms with Crippen molar-refractivity contribution in [2.75, 3.05) is 11.9 Å². The summed E-state index contributed by atoms with van der Waals surface area (Å²) in [5, 5.41) is 7.96. The van der Waals surface area contributed by atoms with Crippen LogP contribution >= 0.6 is 0 Å². The van der Waals surface area contributed by atoms with Crippen LogP contribution in [0.3, 0.4) is 0 Å². The van der Waals surface area contributed by atoms with Gasteiger partial charge in [0.1, 0.15) is 5.82 Å². The van der Waals surface area contributed by atoms with Crippen LogP contribution in [0.4, 0.5) is 5.69 Å². The zero-order valence-electron chi connectivity index (χ0n) is 11.7. The summed E-state index contributed by atoms with van der Waals surface area (Å²) < 4.78 is 1.93. The van der Waals surface area contributed by atoms with E-state index < -0.39 is 0 Å². The van der Waals surface area contributed by atoms with Crippen LogP contribution in [0.2, 0.25) is 0 Å². The molecule has 0 fully saturated rings. The Bertz CT molecular complexity index is 586. The van der Waals surface area contributed by atoms with Crippen LogP contribution in [0.15, 0.2) is 24.3 Å². The lowest BCUT2D eigenvalue weighted by Crippen LogP contribution is -2.09. The molecule has 0 aliphatic carbocycles. The third kappa shape index (κ3) is 2.23. The molecule has 1 unspecified atom stereocenters. The molecule has 1 aromatic carbocycles. The van der Waals surface area contributed by atoms with Crippen molar-refractivity contribution < 1.29 is 0 Å². The number of aryl methyl sites for hydroxylation is 1. The molecule has 0 bridgehead atoms. The first-order valence-corrected chi connectivity index (χ1v) is 6.87. The van der Waals surface area contributed by atoms with Crippen molar-refractivity contribution in [3.8, 4) is 0 Å². The number of rotatable bonds is 3. The predicted molar refractivity (Wildman–Crippen MR) is 76.5 cm³/mol. The van der Waals surface area contributed by atoms with Gasteiger partial charge in [0, 0.05) is 37.5 Å². The second-order valence-electron chi connectivity index (χ2n) is 5.53. The van der Waals surface area contributed by atoms with Gasteiger partial charge in [-0.05, 0) is 11.6 Å². The second kappa shape index (κ2) is 4.68. The summed E-state index contributed by atoms with van der Waals surface area (Å²) in [5.41, 5.74) is 2.66. The van der Waals surface area contributed by atoms with Crippen molar-refractivity contribution in [3.05, 3.63) is 41.5 Å². The van der Waals surface area contributed by atoms with Crippen LogP contribution in [0.25, 0.3) is 0 Å². The molecule has 0 amide bonds. The summed E-state index contributed by atoms with van der Waals surface area (Å²) in [4.78, 5) is 4.67. The summed E-state index contributed by atoms with van der Waals surface area (Å²) in [7, 11) is 1.99. The van der Waals surface area contributed by atoms with Gasteiger partial charge in [-0.15, -0.1) is 0 Å². The lowest BCUT2D eigenvalue weighted by atomic mass is 9.97. The fourth-order valence-corrected chi connectivity index (χ4v) is 2.62. The van der Waals surface area contributed by atoms with E-state index in [1.807, 2.05) is 11.7 Å². The largest absolute Gasteiger partial charge is 0.384 e. The van der Waals surface area contributed by atoms with Gasteiger partial charge in [0.05, 0.1) is 0 Å². The summed E-state index contributed by atoms with van der Waals surface area (Å²) in [5.74, 6) is 2.90. The van der Waals surface area contributed by atoms with E-state index in [4.69, 9.17) is 0 Å². The molecule has 1 N–H and O–H groups in total. The molecule has 4 nitrogen and oxygen atoms in total. The van der Waals surface area contributed by atoms with Gasteiger partial charge in [-0.25, -0.2) is 4.98 Å². The number of hydrogen-bond acceptors (Lipinski definition) is 3. The molecule has 1 aromatic heterocycles. The van der Waals surface area contributed by atoms with Gasteiger partial charge in [-0.2, -0.15) is 5.10 Å². The number of aromatic nitrogens is 3. The number of para-hydroxylation sites is 1.